The monoisotopic (exact) mass is 184 g/mol. The van der Waals surface area contributed by atoms with Crippen molar-refractivity contribution in [2.75, 3.05) is 0 Å². The third-order valence-corrected chi connectivity index (χ3v) is 2.26. The standard InChI is InChI=1S/C10H9BN2O/c1-6-8-4-3-7(11)5-9(8)10(14)13(2)12-6/h3-5H,1-2H3. The molecule has 1 heterocycles. The lowest BCUT2D eigenvalue weighted by molar-refractivity contribution is 0.705. The van der Waals surface area contributed by atoms with Gasteiger partial charge in [0.15, 0.2) is 0 Å². The van der Waals surface area contributed by atoms with Crippen molar-refractivity contribution >= 4 is 24.1 Å². The first kappa shape index (κ1) is 9.00. The summed E-state index contributed by atoms with van der Waals surface area (Å²) < 4.78 is 1.33. The van der Waals surface area contributed by atoms with E-state index in [1.54, 1.807) is 19.2 Å². The highest BCUT2D eigenvalue weighted by Gasteiger charge is 2.04. The molecule has 0 bridgehead atoms. The van der Waals surface area contributed by atoms with E-state index in [-0.39, 0.29) is 5.56 Å². The average Bonchev–Trinajstić information content (AvgIpc) is 2.14. The van der Waals surface area contributed by atoms with E-state index in [2.05, 4.69) is 5.10 Å². The molecule has 0 spiro atoms. The molecular weight excluding hydrogens is 175 g/mol. The molecule has 1 aromatic heterocycles. The number of nitrogens with zero attached hydrogens (tertiary/aromatic N) is 2. The zero-order chi connectivity index (χ0) is 10.3. The highest BCUT2D eigenvalue weighted by atomic mass is 16.1. The van der Waals surface area contributed by atoms with Gasteiger partial charge in [-0.3, -0.25) is 4.79 Å². The SMILES string of the molecule is [B]c1ccc2c(C)nn(C)c(=O)c2c1. The molecule has 0 unspecified atom stereocenters. The van der Waals surface area contributed by atoms with Crippen LogP contribution in [0.3, 0.4) is 0 Å². The maximum Gasteiger partial charge on any atom is 0.274 e. The topological polar surface area (TPSA) is 34.9 Å². The zero-order valence-corrected chi connectivity index (χ0v) is 8.11. The predicted octanol–water partition coefficient (Wildman–Crippen LogP) is 0.0357. The van der Waals surface area contributed by atoms with Gasteiger partial charge in [-0.2, -0.15) is 5.10 Å². The molecule has 0 aliphatic heterocycles. The maximum absolute atomic E-state index is 11.7. The van der Waals surface area contributed by atoms with Gasteiger partial charge in [-0.05, 0) is 6.92 Å². The van der Waals surface area contributed by atoms with Gasteiger partial charge in [-0.1, -0.05) is 23.7 Å². The van der Waals surface area contributed by atoms with Crippen molar-refractivity contribution in [1.29, 1.82) is 0 Å². The molecule has 2 aromatic rings. The minimum atomic E-state index is -0.113. The van der Waals surface area contributed by atoms with Gasteiger partial charge in [-0.15, -0.1) is 0 Å². The van der Waals surface area contributed by atoms with Gasteiger partial charge in [-0.25, -0.2) is 4.68 Å². The Labute approximate surface area is 82.8 Å². The summed E-state index contributed by atoms with van der Waals surface area (Å²) >= 11 is 0. The van der Waals surface area contributed by atoms with E-state index in [1.165, 1.54) is 4.68 Å². The van der Waals surface area contributed by atoms with Gasteiger partial charge in [0.2, 0.25) is 0 Å². The lowest BCUT2D eigenvalue weighted by Crippen LogP contribution is -2.21. The second kappa shape index (κ2) is 2.98. The smallest absolute Gasteiger partial charge is 0.267 e. The van der Waals surface area contributed by atoms with Gasteiger partial charge in [0.25, 0.3) is 5.56 Å². The third-order valence-electron chi connectivity index (χ3n) is 2.26. The Hall–Kier alpha value is -1.58. The Balaban J connectivity index is 3.03. The van der Waals surface area contributed by atoms with Gasteiger partial charge in [0, 0.05) is 17.8 Å². The first-order valence-corrected chi connectivity index (χ1v) is 4.33. The lowest BCUT2D eigenvalue weighted by Gasteiger charge is -2.04. The summed E-state index contributed by atoms with van der Waals surface area (Å²) in [6, 6.07) is 5.29. The van der Waals surface area contributed by atoms with E-state index in [0.717, 1.165) is 11.1 Å². The normalized spacial score (nSPS) is 10.7. The molecule has 2 rings (SSSR count). The number of aryl methyl sites for hydroxylation is 2. The van der Waals surface area contributed by atoms with Crippen LogP contribution < -0.4 is 11.0 Å². The fourth-order valence-corrected chi connectivity index (χ4v) is 1.55. The molecule has 0 saturated carbocycles. The molecule has 0 N–H and O–H groups in total. The van der Waals surface area contributed by atoms with E-state index >= 15 is 0 Å². The highest BCUT2D eigenvalue weighted by Crippen LogP contribution is 2.09. The Kier molecular flexibility index (Phi) is 1.91. The van der Waals surface area contributed by atoms with Crippen molar-refractivity contribution in [2.45, 2.75) is 6.92 Å². The third kappa shape index (κ3) is 1.23. The second-order valence-corrected chi connectivity index (χ2v) is 3.32. The van der Waals surface area contributed by atoms with Crippen LogP contribution in [0, 0.1) is 6.92 Å². The second-order valence-electron chi connectivity index (χ2n) is 3.32. The zero-order valence-electron chi connectivity index (χ0n) is 8.11. The van der Waals surface area contributed by atoms with E-state index < -0.39 is 0 Å². The molecule has 0 aliphatic rings. The molecule has 0 atom stereocenters. The van der Waals surface area contributed by atoms with Crippen molar-refractivity contribution in [3.05, 3.63) is 34.2 Å². The van der Waals surface area contributed by atoms with Crippen LogP contribution in [-0.4, -0.2) is 17.6 Å². The number of benzene rings is 1. The Morgan fingerprint density at radius 1 is 1.36 bits per heavy atom. The highest BCUT2D eigenvalue weighted by molar-refractivity contribution is 6.33. The number of hydrogen-bond donors (Lipinski definition) is 0. The van der Waals surface area contributed by atoms with Crippen LogP contribution in [0.15, 0.2) is 23.0 Å². The minimum absolute atomic E-state index is 0.113. The summed E-state index contributed by atoms with van der Waals surface area (Å²) in [7, 11) is 7.26. The van der Waals surface area contributed by atoms with Crippen LogP contribution in [0.5, 0.6) is 0 Å². The van der Waals surface area contributed by atoms with Crippen LogP contribution in [0.4, 0.5) is 0 Å². The Bertz CT molecular complexity index is 560. The summed E-state index contributed by atoms with van der Waals surface area (Å²) in [5, 5.41) is 5.58. The number of aromatic nitrogens is 2. The lowest BCUT2D eigenvalue weighted by atomic mass is 9.94. The molecule has 68 valence electrons. The first-order chi connectivity index (χ1) is 6.59. The van der Waals surface area contributed by atoms with Crippen LogP contribution in [0.1, 0.15) is 5.69 Å². The van der Waals surface area contributed by atoms with E-state index in [4.69, 9.17) is 7.85 Å². The van der Waals surface area contributed by atoms with Crippen molar-refractivity contribution < 1.29 is 0 Å². The van der Waals surface area contributed by atoms with Crippen LogP contribution in [0.2, 0.25) is 0 Å². The van der Waals surface area contributed by atoms with Gasteiger partial charge in [0.1, 0.15) is 7.85 Å². The molecule has 2 radical (unpaired) electrons. The van der Waals surface area contributed by atoms with Gasteiger partial charge in [0.05, 0.1) is 5.69 Å². The molecule has 0 saturated heterocycles. The molecular formula is C10H9BN2O. The summed E-state index contributed by atoms with van der Waals surface area (Å²) in [5.74, 6) is 0. The quantitative estimate of drug-likeness (QED) is 0.541. The fraction of sp³-hybridized carbons (Fsp3) is 0.200. The average molecular weight is 184 g/mol. The van der Waals surface area contributed by atoms with E-state index in [0.29, 0.717) is 10.8 Å². The molecule has 0 amide bonds. The van der Waals surface area contributed by atoms with E-state index in [9.17, 15) is 4.79 Å². The summed E-state index contributed by atoms with van der Waals surface area (Å²) in [5.41, 5.74) is 1.32. The largest absolute Gasteiger partial charge is 0.274 e. The number of fused-ring (bicyclic) bond motifs is 1. The molecule has 1 aromatic carbocycles. The van der Waals surface area contributed by atoms with Gasteiger partial charge >= 0.3 is 0 Å². The summed E-state index contributed by atoms with van der Waals surface area (Å²) in [6.07, 6.45) is 0. The molecule has 0 fully saturated rings. The van der Waals surface area contributed by atoms with Crippen molar-refractivity contribution in [1.82, 2.24) is 9.78 Å². The molecule has 4 heteroatoms. The van der Waals surface area contributed by atoms with Crippen molar-refractivity contribution in [3.8, 4) is 0 Å². The summed E-state index contributed by atoms with van der Waals surface area (Å²) in [6.45, 7) is 1.87. The predicted molar refractivity (Wildman–Crippen MR) is 57.1 cm³/mol. The number of hydrogen-bond acceptors (Lipinski definition) is 2. The number of rotatable bonds is 0. The maximum atomic E-state index is 11.7. The molecule has 3 nitrogen and oxygen atoms in total. The molecule has 14 heavy (non-hydrogen) atoms. The van der Waals surface area contributed by atoms with Crippen LogP contribution in [-0.2, 0) is 7.05 Å². The Morgan fingerprint density at radius 2 is 2.07 bits per heavy atom. The van der Waals surface area contributed by atoms with Crippen LogP contribution >= 0.6 is 0 Å². The van der Waals surface area contributed by atoms with Gasteiger partial charge < -0.3 is 0 Å². The Morgan fingerprint density at radius 3 is 2.79 bits per heavy atom. The fourth-order valence-electron chi connectivity index (χ4n) is 1.55. The van der Waals surface area contributed by atoms with Crippen molar-refractivity contribution in [3.63, 3.8) is 0 Å². The van der Waals surface area contributed by atoms with E-state index in [1.807, 2.05) is 13.0 Å². The first-order valence-electron chi connectivity index (χ1n) is 4.33. The molecule has 0 aliphatic carbocycles. The van der Waals surface area contributed by atoms with Crippen LogP contribution in [0.25, 0.3) is 10.8 Å². The van der Waals surface area contributed by atoms with Crippen molar-refractivity contribution in [2.24, 2.45) is 7.05 Å². The summed E-state index contributed by atoms with van der Waals surface area (Å²) in [4.78, 5) is 11.7. The minimum Gasteiger partial charge on any atom is -0.267 e.